The fourth-order valence-corrected chi connectivity index (χ4v) is 6.40. The highest BCUT2D eigenvalue weighted by molar-refractivity contribution is 7.87. The first-order valence-corrected chi connectivity index (χ1v) is 23.2. The second kappa shape index (κ2) is 22.4. The molecule has 3 amide bonds. The minimum Gasteiger partial charge on any atom is -0.460 e. The van der Waals surface area contributed by atoms with E-state index in [2.05, 4.69) is 20.3 Å². The fraction of sp³-hybridized carbons (Fsp3) is 0.574. The van der Waals surface area contributed by atoms with Crippen LogP contribution in [0.4, 0.5) is 20.1 Å². The summed E-state index contributed by atoms with van der Waals surface area (Å²) in [6.45, 7) is 27.5. The van der Waals surface area contributed by atoms with E-state index in [1.165, 1.54) is 77.9 Å². The Morgan fingerprint density at radius 1 is 0.580 bits per heavy atom. The molecule has 3 N–H and O–H groups in total. The molecule has 0 aliphatic rings. The highest BCUT2D eigenvalue weighted by Crippen LogP contribution is 2.27. The van der Waals surface area contributed by atoms with Gasteiger partial charge in [-0.05, 0) is 167 Å². The summed E-state index contributed by atoms with van der Waals surface area (Å²) in [6.07, 6.45) is -4.11. The Morgan fingerprint density at radius 3 is 1.49 bits per heavy atom. The minimum absolute atomic E-state index is 0.0159. The van der Waals surface area contributed by atoms with Gasteiger partial charge in [0.25, 0.3) is 0 Å². The average molecular weight is 992 g/mol. The molecule has 0 saturated carbocycles. The average Bonchev–Trinajstić information content (AvgIpc) is 3.09. The van der Waals surface area contributed by atoms with Crippen LogP contribution in [0.3, 0.4) is 0 Å². The number of guanidine groups is 1. The molecule has 2 aromatic rings. The predicted octanol–water partition coefficient (Wildman–Crippen LogP) is 7.91. The monoisotopic (exact) mass is 991 g/mol. The normalized spacial score (nSPS) is 12.8. The van der Waals surface area contributed by atoms with Gasteiger partial charge in [-0.2, -0.15) is 17.4 Å². The van der Waals surface area contributed by atoms with Crippen molar-refractivity contribution in [1.82, 2.24) is 19.7 Å². The molecule has 0 aliphatic carbocycles. The maximum atomic E-state index is 14.3. The van der Waals surface area contributed by atoms with Crippen LogP contribution < -0.4 is 20.1 Å². The van der Waals surface area contributed by atoms with Crippen LogP contribution in [0, 0.1) is 0 Å². The summed E-state index contributed by atoms with van der Waals surface area (Å²) >= 11 is 0. The number of hydrogen-bond acceptors (Lipinski definition) is 17. The van der Waals surface area contributed by atoms with Gasteiger partial charge < -0.3 is 33.2 Å². The van der Waals surface area contributed by atoms with Crippen molar-refractivity contribution >= 4 is 64.0 Å². The fourth-order valence-electron chi connectivity index (χ4n) is 5.19. The van der Waals surface area contributed by atoms with Gasteiger partial charge >= 0.3 is 52.4 Å². The summed E-state index contributed by atoms with van der Waals surface area (Å²) in [4.78, 5) is 96.8. The third-order valence-corrected chi connectivity index (χ3v) is 8.91. The van der Waals surface area contributed by atoms with Crippen LogP contribution in [0.2, 0.25) is 0 Å². The first kappa shape index (κ1) is 58.8. The third kappa shape index (κ3) is 23.0. The number of alkyl carbamates (subject to hydrolysis) is 2. The van der Waals surface area contributed by atoms with Gasteiger partial charge in [0, 0.05) is 0 Å². The number of ether oxygens (including phenoxy) is 7. The van der Waals surface area contributed by atoms with Crippen molar-refractivity contribution in [2.24, 2.45) is 4.99 Å². The van der Waals surface area contributed by atoms with Crippen molar-refractivity contribution in [3.63, 3.8) is 0 Å². The van der Waals surface area contributed by atoms with Gasteiger partial charge in [0.15, 0.2) is 0 Å². The molecule has 2 rings (SSSR count). The van der Waals surface area contributed by atoms with Crippen LogP contribution in [0.1, 0.15) is 157 Å². The zero-order valence-electron chi connectivity index (χ0n) is 42.9. The van der Waals surface area contributed by atoms with E-state index in [-0.39, 0.29) is 38.4 Å². The molecular weight excluding hydrogens is 923 g/mol. The van der Waals surface area contributed by atoms with Crippen LogP contribution >= 0.6 is 0 Å². The van der Waals surface area contributed by atoms with Gasteiger partial charge in [-0.1, -0.05) is 6.07 Å². The molecule has 21 nitrogen and oxygen atoms in total. The summed E-state index contributed by atoms with van der Waals surface area (Å²) in [5.41, 5.74) is -6.56. The summed E-state index contributed by atoms with van der Waals surface area (Å²) in [6, 6.07) is 7.06. The van der Waals surface area contributed by atoms with Crippen LogP contribution in [0.15, 0.2) is 47.5 Å². The lowest BCUT2D eigenvalue weighted by molar-refractivity contribution is -0.164. The summed E-state index contributed by atoms with van der Waals surface area (Å²) < 4.78 is 68.8. The topological polar surface area (TPSA) is 270 Å². The Morgan fingerprint density at radius 2 is 1.04 bits per heavy atom. The lowest BCUT2D eigenvalue weighted by Crippen LogP contribution is -2.53. The second-order valence-electron chi connectivity index (χ2n) is 21.5. The number of carbonyl (C=O) groups is 7. The smallest absolute Gasteiger partial charge is 0.425 e. The first-order valence-electron chi connectivity index (χ1n) is 21.7. The Hall–Kier alpha value is -6.29. The number of aliphatic imine (C=N–C) groups is 1. The number of nitrogens with one attached hydrogen (secondary N) is 3. The van der Waals surface area contributed by atoms with Gasteiger partial charge in [0.2, 0.25) is 5.96 Å². The third-order valence-electron chi connectivity index (χ3n) is 7.47. The van der Waals surface area contributed by atoms with E-state index in [9.17, 15) is 42.0 Å². The summed E-state index contributed by atoms with van der Waals surface area (Å²) in [7, 11) is -5.16. The van der Waals surface area contributed by atoms with E-state index < -0.39 is 105 Å². The van der Waals surface area contributed by atoms with Crippen LogP contribution in [0.5, 0.6) is 5.75 Å². The van der Waals surface area contributed by atoms with E-state index in [0.29, 0.717) is 0 Å². The molecule has 0 spiro atoms. The van der Waals surface area contributed by atoms with E-state index in [4.69, 9.17) is 33.2 Å². The summed E-state index contributed by atoms with van der Waals surface area (Å²) in [5.74, 6) is -4.59. The molecule has 69 heavy (non-hydrogen) atoms. The Bertz CT molecular complexity index is 2320. The highest BCUT2D eigenvalue weighted by Gasteiger charge is 2.39. The van der Waals surface area contributed by atoms with E-state index in [0.717, 1.165) is 6.07 Å². The van der Waals surface area contributed by atoms with Crippen molar-refractivity contribution in [3.05, 3.63) is 59.2 Å². The SMILES string of the molecule is CC(C)(C)OC(=O)C[C@H](NS(=O)(=O)N(Cc1ccc(OC(=O)c2ccc(N=C(NC(=O)OC(C)(C)C)NC(=O)OC(C)(C)C)cc2)cc1C(=O)OC(C)(C)C)C(=O)OC(C)(C)C)C(=O)OC(C)(C)C. The second-order valence-corrected chi connectivity index (χ2v) is 23.1. The lowest BCUT2D eigenvalue weighted by Gasteiger charge is -2.30. The molecule has 22 heteroatoms. The molecule has 384 valence electrons. The minimum atomic E-state index is -5.16. The molecule has 2 aromatic carbocycles. The molecule has 0 saturated heterocycles. The van der Waals surface area contributed by atoms with Crippen molar-refractivity contribution in [1.29, 1.82) is 0 Å². The number of rotatable bonds is 12. The van der Waals surface area contributed by atoms with Crippen LogP contribution in [-0.2, 0) is 54.8 Å². The number of hydrogen-bond donors (Lipinski definition) is 3. The first-order chi connectivity index (χ1) is 31.0. The van der Waals surface area contributed by atoms with Crippen molar-refractivity contribution in [3.8, 4) is 5.75 Å². The molecule has 0 unspecified atom stereocenters. The number of esters is 4. The predicted molar refractivity (Wildman–Crippen MR) is 253 cm³/mol. The molecule has 0 aliphatic heterocycles. The van der Waals surface area contributed by atoms with Gasteiger partial charge in [0.1, 0.15) is 45.4 Å². The number of nitrogens with zero attached hydrogens (tertiary/aromatic N) is 2. The molecule has 0 aromatic heterocycles. The maximum absolute atomic E-state index is 14.3. The van der Waals surface area contributed by atoms with Crippen molar-refractivity contribution < 1.29 is 75.1 Å². The Kier molecular flexibility index (Phi) is 19.1. The standard InChI is InChI=1S/C47H69N5O16S/c1-42(2,3)63-34(53)26-33(37(56)65-44(7,8)9)51-69(60,61)52(41(59)68-47(16,17)18)27-29-21-24-31(25-32(29)36(55)64-43(4,5)6)62-35(54)28-19-22-30(23-20-28)48-38(49-39(57)66-45(10,11)12)50-40(58)67-46(13,14)15/h19-25,33,51H,26-27H2,1-18H3,(H2,48,49,50,57,58)/t33-/m0/s1. The number of benzene rings is 2. The van der Waals surface area contributed by atoms with Gasteiger partial charge in [-0.15, -0.1) is 0 Å². The molecule has 0 fully saturated rings. The molecule has 0 heterocycles. The number of amides is 3. The van der Waals surface area contributed by atoms with E-state index in [1.807, 2.05) is 0 Å². The Balaban J connectivity index is 2.63. The summed E-state index contributed by atoms with van der Waals surface area (Å²) in [5, 5.41) is 4.71. The molecule has 1 atom stereocenters. The molecule has 0 radical (unpaired) electrons. The zero-order valence-corrected chi connectivity index (χ0v) is 43.7. The van der Waals surface area contributed by atoms with E-state index in [1.54, 1.807) is 83.1 Å². The van der Waals surface area contributed by atoms with Gasteiger partial charge in [0.05, 0.1) is 29.8 Å². The largest absolute Gasteiger partial charge is 0.460 e. The Labute approximate surface area is 404 Å². The van der Waals surface area contributed by atoms with Crippen LogP contribution in [0.25, 0.3) is 0 Å². The van der Waals surface area contributed by atoms with Crippen LogP contribution in [-0.4, -0.2) is 100 Å². The molecular formula is C47H69N5O16S. The quantitative estimate of drug-likeness (QED) is 0.0599. The lowest BCUT2D eigenvalue weighted by atomic mass is 10.1. The van der Waals surface area contributed by atoms with Gasteiger partial charge in [-0.25, -0.2) is 29.0 Å². The highest BCUT2D eigenvalue weighted by atomic mass is 32.2. The molecule has 0 bridgehead atoms. The zero-order chi connectivity index (χ0) is 53.3. The van der Waals surface area contributed by atoms with E-state index >= 15 is 0 Å². The number of carbonyl (C=O) groups excluding carboxylic acids is 7. The van der Waals surface area contributed by atoms with Crippen molar-refractivity contribution in [2.45, 2.75) is 177 Å². The maximum Gasteiger partial charge on any atom is 0.425 e. The van der Waals surface area contributed by atoms with Gasteiger partial charge in [-0.3, -0.25) is 20.2 Å². The van der Waals surface area contributed by atoms with Crippen molar-refractivity contribution in [2.75, 3.05) is 0 Å².